The lowest BCUT2D eigenvalue weighted by Gasteiger charge is -2.23. The molecule has 0 radical (unpaired) electrons. The largest absolute Gasteiger partial charge is 0.481 e. The first-order chi connectivity index (χ1) is 10.6. The van der Waals surface area contributed by atoms with Crippen LogP contribution in [0.5, 0.6) is 0 Å². The Labute approximate surface area is 133 Å². The number of aliphatic carboxylic acids is 1. The first-order valence-corrected chi connectivity index (χ1v) is 8.34. The number of carboxylic acids is 1. The number of thiophene rings is 1. The Kier molecular flexibility index (Phi) is 5.94. The van der Waals surface area contributed by atoms with Gasteiger partial charge in [-0.3, -0.25) is 14.4 Å². The minimum absolute atomic E-state index is 0.0145. The minimum Gasteiger partial charge on any atom is -0.481 e. The first kappa shape index (κ1) is 16.5. The summed E-state index contributed by atoms with van der Waals surface area (Å²) >= 11 is 1.46. The van der Waals surface area contributed by atoms with Crippen LogP contribution in [0.25, 0.3) is 0 Å². The van der Waals surface area contributed by atoms with Crippen molar-refractivity contribution < 1.29 is 19.5 Å². The van der Waals surface area contributed by atoms with E-state index in [-0.39, 0.29) is 24.3 Å². The summed E-state index contributed by atoms with van der Waals surface area (Å²) in [5.41, 5.74) is 0.636. The van der Waals surface area contributed by atoms with E-state index in [2.05, 4.69) is 5.32 Å². The Hall–Kier alpha value is -1.89. The van der Waals surface area contributed by atoms with Crippen molar-refractivity contribution in [1.29, 1.82) is 0 Å². The quantitative estimate of drug-likeness (QED) is 0.748. The van der Waals surface area contributed by atoms with E-state index in [1.807, 2.05) is 5.38 Å². The lowest BCUT2D eigenvalue weighted by atomic mass is 10.1. The van der Waals surface area contributed by atoms with Gasteiger partial charge < -0.3 is 15.3 Å². The maximum Gasteiger partial charge on any atom is 0.305 e. The predicted octanol–water partition coefficient (Wildman–Crippen LogP) is 1.72. The van der Waals surface area contributed by atoms with Gasteiger partial charge in [0.05, 0.1) is 6.42 Å². The number of rotatable bonds is 7. The van der Waals surface area contributed by atoms with Crippen LogP contribution in [-0.4, -0.2) is 46.9 Å². The molecular weight excluding hydrogens is 304 g/mol. The summed E-state index contributed by atoms with van der Waals surface area (Å²) in [7, 11) is 0. The number of likely N-dealkylation sites (tertiary alicyclic amines) is 1. The predicted molar refractivity (Wildman–Crippen MR) is 82.9 cm³/mol. The van der Waals surface area contributed by atoms with Gasteiger partial charge in [0.15, 0.2) is 0 Å². The summed E-state index contributed by atoms with van der Waals surface area (Å²) in [5, 5.41) is 15.3. The maximum atomic E-state index is 12.1. The smallest absolute Gasteiger partial charge is 0.305 e. The summed E-state index contributed by atoms with van der Waals surface area (Å²) in [6.07, 6.45) is 2.52. The van der Waals surface area contributed by atoms with Crippen LogP contribution in [0.3, 0.4) is 0 Å². The van der Waals surface area contributed by atoms with Crippen LogP contribution in [0.4, 0.5) is 0 Å². The first-order valence-electron chi connectivity index (χ1n) is 7.39. The van der Waals surface area contributed by atoms with Gasteiger partial charge in [0, 0.05) is 36.5 Å². The van der Waals surface area contributed by atoms with Crippen LogP contribution in [0.2, 0.25) is 0 Å². The lowest BCUT2D eigenvalue weighted by molar-refractivity contribution is -0.139. The van der Waals surface area contributed by atoms with Crippen LogP contribution in [-0.2, 0) is 9.59 Å². The molecule has 0 aromatic carbocycles. The highest BCUT2D eigenvalue weighted by atomic mass is 32.1. The van der Waals surface area contributed by atoms with Gasteiger partial charge in [-0.25, -0.2) is 0 Å². The second-order valence-corrected chi connectivity index (χ2v) is 6.13. The van der Waals surface area contributed by atoms with Gasteiger partial charge in [-0.2, -0.15) is 11.3 Å². The zero-order valence-corrected chi connectivity index (χ0v) is 13.1. The molecule has 1 fully saturated rings. The van der Waals surface area contributed by atoms with E-state index in [1.165, 1.54) is 11.3 Å². The molecule has 2 amide bonds. The van der Waals surface area contributed by atoms with E-state index in [4.69, 9.17) is 5.11 Å². The van der Waals surface area contributed by atoms with E-state index in [0.29, 0.717) is 31.5 Å². The number of carbonyl (C=O) groups excluding carboxylic acids is 2. The van der Waals surface area contributed by atoms with Crippen LogP contribution in [0, 0.1) is 0 Å². The second-order valence-electron chi connectivity index (χ2n) is 5.35. The fourth-order valence-electron chi connectivity index (χ4n) is 2.66. The molecule has 1 atom stereocenters. The SMILES string of the molecule is O=C(O)CC1CCCN1C(=O)CCCNC(=O)c1ccsc1. The van der Waals surface area contributed by atoms with Crippen molar-refractivity contribution in [3.63, 3.8) is 0 Å². The van der Waals surface area contributed by atoms with E-state index in [9.17, 15) is 14.4 Å². The van der Waals surface area contributed by atoms with E-state index < -0.39 is 5.97 Å². The van der Waals surface area contributed by atoms with Crippen LogP contribution < -0.4 is 5.32 Å². The normalized spacial score (nSPS) is 17.5. The van der Waals surface area contributed by atoms with Crippen molar-refractivity contribution in [1.82, 2.24) is 10.2 Å². The zero-order chi connectivity index (χ0) is 15.9. The van der Waals surface area contributed by atoms with Gasteiger partial charge in [0.25, 0.3) is 5.91 Å². The van der Waals surface area contributed by atoms with Crippen LogP contribution >= 0.6 is 11.3 Å². The van der Waals surface area contributed by atoms with Crippen molar-refractivity contribution in [2.45, 2.75) is 38.1 Å². The van der Waals surface area contributed by atoms with Crippen molar-refractivity contribution in [2.24, 2.45) is 0 Å². The molecule has 1 aromatic heterocycles. The summed E-state index contributed by atoms with van der Waals surface area (Å²) in [5.74, 6) is -1.01. The van der Waals surface area contributed by atoms with Gasteiger partial charge in [0.2, 0.25) is 5.91 Å². The summed E-state index contributed by atoms with van der Waals surface area (Å²) in [4.78, 5) is 36.3. The fraction of sp³-hybridized carbons (Fsp3) is 0.533. The molecular formula is C15H20N2O4S. The summed E-state index contributed by atoms with van der Waals surface area (Å²) in [6.45, 7) is 1.08. The van der Waals surface area contributed by atoms with Crippen molar-refractivity contribution in [3.8, 4) is 0 Å². The molecule has 2 heterocycles. The topological polar surface area (TPSA) is 86.7 Å². The number of hydrogen-bond acceptors (Lipinski definition) is 4. The second kappa shape index (κ2) is 7.93. The number of carboxylic acid groups (broad SMARTS) is 1. The van der Waals surface area contributed by atoms with Gasteiger partial charge in [0.1, 0.15) is 0 Å². The minimum atomic E-state index is -0.868. The van der Waals surface area contributed by atoms with Gasteiger partial charge in [-0.15, -0.1) is 0 Å². The van der Waals surface area contributed by atoms with Gasteiger partial charge in [-0.05, 0) is 30.7 Å². The number of nitrogens with zero attached hydrogens (tertiary/aromatic N) is 1. The highest BCUT2D eigenvalue weighted by Gasteiger charge is 2.29. The molecule has 0 spiro atoms. The molecule has 1 aromatic rings. The Morgan fingerprint density at radius 2 is 2.23 bits per heavy atom. The summed E-state index contributed by atoms with van der Waals surface area (Å²) < 4.78 is 0. The van der Waals surface area contributed by atoms with Crippen molar-refractivity contribution >= 4 is 29.1 Å². The van der Waals surface area contributed by atoms with Crippen LogP contribution in [0.15, 0.2) is 16.8 Å². The van der Waals surface area contributed by atoms with E-state index in [1.54, 1.807) is 16.3 Å². The number of hydrogen-bond donors (Lipinski definition) is 2. The summed E-state index contributed by atoms with van der Waals surface area (Å²) in [6, 6.07) is 1.58. The van der Waals surface area contributed by atoms with E-state index >= 15 is 0 Å². The van der Waals surface area contributed by atoms with Crippen molar-refractivity contribution in [3.05, 3.63) is 22.4 Å². The molecule has 22 heavy (non-hydrogen) atoms. The molecule has 0 saturated carbocycles. The van der Waals surface area contributed by atoms with E-state index in [0.717, 1.165) is 12.8 Å². The third-order valence-corrected chi connectivity index (χ3v) is 4.43. The molecule has 120 valence electrons. The maximum absolute atomic E-state index is 12.1. The molecule has 1 aliphatic heterocycles. The number of carbonyl (C=O) groups is 3. The Morgan fingerprint density at radius 3 is 2.91 bits per heavy atom. The number of amides is 2. The average molecular weight is 324 g/mol. The third kappa shape index (κ3) is 4.56. The van der Waals surface area contributed by atoms with Gasteiger partial charge in [-0.1, -0.05) is 0 Å². The zero-order valence-electron chi connectivity index (χ0n) is 12.3. The molecule has 2 N–H and O–H groups in total. The average Bonchev–Trinajstić information content (AvgIpc) is 3.13. The molecule has 7 heteroatoms. The Morgan fingerprint density at radius 1 is 1.41 bits per heavy atom. The lowest BCUT2D eigenvalue weighted by Crippen LogP contribution is -2.37. The molecule has 0 bridgehead atoms. The standard InChI is InChI=1S/C15H20N2O4S/c18-13(17-7-2-3-12(17)9-14(19)20)4-1-6-16-15(21)11-5-8-22-10-11/h5,8,10,12H,1-4,6-7,9H2,(H,16,21)(H,19,20). The fourth-order valence-corrected chi connectivity index (χ4v) is 3.29. The van der Waals surface area contributed by atoms with Crippen LogP contribution in [0.1, 0.15) is 42.5 Å². The van der Waals surface area contributed by atoms with Crippen molar-refractivity contribution in [2.75, 3.05) is 13.1 Å². The molecule has 2 rings (SSSR count). The Bertz CT molecular complexity index is 530. The monoisotopic (exact) mass is 324 g/mol. The van der Waals surface area contributed by atoms with Gasteiger partial charge >= 0.3 is 5.97 Å². The molecule has 1 aliphatic rings. The molecule has 1 unspecified atom stereocenters. The molecule has 0 aliphatic carbocycles. The third-order valence-electron chi connectivity index (χ3n) is 3.74. The molecule has 1 saturated heterocycles. The highest BCUT2D eigenvalue weighted by Crippen LogP contribution is 2.21. The molecule has 6 nitrogen and oxygen atoms in total. The number of nitrogens with one attached hydrogen (secondary N) is 1. The highest BCUT2D eigenvalue weighted by molar-refractivity contribution is 7.08. The Balaban J connectivity index is 1.69.